The van der Waals surface area contributed by atoms with Crippen molar-refractivity contribution in [1.29, 1.82) is 0 Å². The van der Waals surface area contributed by atoms with Gasteiger partial charge in [0.25, 0.3) is 0 Å². The predicted molar refractivity (Wildman–Crippen MR) is 171 cm³/mol. The van der Waals surface area contributed by atoms with Crippen LogP contribution in [-0.4, -0.2) is 85.0 Å². The molecule has 0 aliphatic rings. The summed E-state index contributed by atoms with van der Waals surface area (Å²) in [6.45, 7) is 4.44. The molecule has 1 unspecified atom stereocenters. The highest BCUT2D eigenvalue weighted by Gasteiger charge is 2.31. The van der Waals surface area contributed by atoms with E-state index in [1.807, 2.05) is 37.4 Å². The fourth-order valence-corrected chi connectivity index (χ4v) is 5.33. The maximum absolute atomic E-state index is 13.7. The van der Waals surface area contributed by atoms with Gasteiger partial charge in [0.1, 0.15) is 6.04 Å². The Kier molecular flexibility index (Phi) is 13.2. The molecule has 250 valence electrons. The van der Waals surface area contributed by atoms with Gasteiger partial charge in [0.15, 0.2) is 5.78 Å². The van der Waals surface area contributed by atoms with E-state index in [0.717, 1.165) is 23.0 Å². The number of likely N-dealkylation sites (N-methyl/N-ethyl adjacent to an activating group) is 1. The normalized spacial score (nSPS) is 14.0. The summed E-state index contributed by atoms with van der Waals surface area (Å²) < 4.78 is 40.1. The van der Waals surface area contributed by atoms with Gasteiger partial charge in [-0.1, -0.05) is 30.3 Å². The monoisotopic (exact) mass is 644 g/mol. The lowest BCUT2D eigenvalue weighted by Gasteiger charge is -2.34. The van der Waals surface area contributed by atoms with Gasteiger partial charge in [-0.15, -0.1) is 0 Å². The molecule has 0 saturated heterocycles. The molecule has 0 fully saturated rings. The number of carbonyl (C=O) groups excluding carboxylic acids is 3. The van der Waals surface area contributed by atoms with Gasteiger partial charge in [0.2, 0.25) is 11.8 Å². The lowest BCUT2D eigenvalue weighted by atomic mass is 9.96. The molecular weight excluding hydrogens is 599 g/mol. The maximum Gasteiger partial charge on any atom is 0.416 e. The molecule has 13 heteroatoms. The first-order valence-corrected chi connectivity index (χ1v) is 15.4. The zero-order valence-corrected chi connectivity index (χ0v) is 26.4. The summed E-state index contributed by atoms with van der Waals surface area (Å²) >= 11 is 0. The number of carbonyl (C=O) groups is 3. The van der Waals surface area contributed by atoms with Gasteiger partial charge < -0.3 is 32.3 Å². The zero-order chi connectivity index (χ0) is 33.9. The van der Waals surface area contributed by atoms with Crippen molar-refractivity contribution in [3.63, 3.8) is 0 Å². The highest BCUT2D eigenvalue weighted by atomic mass is 19.4. The number of fused-ring (bicyclic) bond motifs is 1. The molecule has 0 radical (unpaired) electrons. The molecule has 0 aliphatic heterocycles. The summed E-state index contributed by atoms with van der Waals surface area (Å²) in [5, 5.41) is 6.31. The van der Waals surface area contributed by atoms with Crippen molar-refractivity contribution in [2.75, 3.05) is 39.8 Å². The molecule has 0 bridgehead atoms. The average Bonchev–Trinajstić information content (AvgIpc) is 3.00. The molecule has 3 rings (SSSR count). The van der Waals surface area contributed by atoms with E-state index in [1.54, 1.807) is 6.20 Å². The van der Waals surface area contributed by atoms with E-state index in [1.165, 1.54) is 19.1 Å². The second-order valence-corrected chi connectivity index (χ2v) is 12.0. The Balaban J connectivity index is 1.85. The lowest BCUT2D eigenvalue weighted by Crippen LogP contribution is -2.55. The van der Waals surface area contributed by atoms with Gasteiger partial charge in [-0.3, -0.25) is 19.4 Å². The summed E-state index contributed by atoms with van der Waals surface area (Å²) in [5.41, 5.74) is 18.3. The topological polar surface area (TPSA) is 166 Å². The molecule has 3 atom stereocenters. The minimum atomic E-state index is -4.51. The van der Waals surface area contributed by atoms with Crippen LogP contribution >= 0.6 is 0 Å². The van der Waals surface area contributed by atoms with Crippen LogP contribution in [0.4, 0.5) is 13.2 Å². The van der Waals surface area contributed by atoms with Gasteiger partial charge in [-0.2, -0.15) is 13.2 Å². The highest BCUT2D eigenvalue weighted by Crippen LogP contribution is 2.29. The molecule has 10 nitrogen and oxygen atoms in total. The van der Waals surface area contributed by atoms with E-state index in [-0.39, 0.29) is 25.0 Å². The SMILES string of the molecule is C[C@@H](N)C(=O)NC(CCC[N+](C)(CCN)CCN)C(=O)N[C@@H](Cc1ccc(C(F)(F)F)cc1)C(=O)Cc1cnc2ccccc2c1. The van der Waals surface area contributed by atoms with E-state index in [0.29, 0.717) is 54.8 Å². The number of nitrogens with zero attached hydrogens (tertiary/aromatic N) is 2. The summed E-state index contributed by atoms with van der Waals surface area (Å²) in [7, 11) is 2.02. The quantitative estimate of drug-likeness (QED) is 0.140. The van der Waals surface area contributed by atoms with E-state index >= 15 is 0 Å². The summed E-state index contributed by atoms with van der Waals surface area (Å²) in [5.74, 6) is -1.49. The van der Waals surface area contributed by atoms with E-state index in [4.69, 9.17) is 17.2 Å². The van der Waals surface area contributed by atoms with Crippen LogP contribution in [0.1, 0.15) is 36.5 Å². The number of nitrogens with one attached hydrogen (secondary N) is 2. The number of Topliss-reactive ketones (excluding diaryl/α,β-unsaturated/α-hetero) is 1. The number of para-hydroxylation sites is 1. The molecule has 3 aromatic rings. The highest BCUT2D eigenvalue weighted by molar-refractivity contribution is 5.94. The zero-order valence-electron chi connectivity index (χ0n) is 26.4. The van der Waals surface area contributed by atoms with Crippen molar-refractivity contribution in [2.45, 2.75) is 56.9 Å². The second kappa shape index (κ2) is 16.6. The van der Waals surface area contributed by atoms with E-state index in [9.17, 15) is 27.6 Å². The molecular formula is C33H45F3N7O3+. The molecule has 2 amide bonds. The third kappa shape index (κ3) is 10.9. The Morgan fingerprint density at radius 3 is 2.13 bits per heavy atom. The van der Waals surface area contributed by atoms with Gasteiger partial charge in [-0.05, 0) is 61.6 Å². The van der Waals surface area contributed by atoms with Crippen LogP contribution in [0.5, 0.6) is 0 Å². The third-order valence-corrected chi connectivity index (χ3v) is 8.03. The van der Waals surface area contributed by atoms with Crippen LogP contribution < -0.4 is 27.8 Å². The standard InChI is InChI=1S/C33H44F3N7O3/c1-22(39)31(45)41-28(8-5-15-43(2,16-13-37)17-14-38)32(46)42-29(19-23-9-11-26(12-10-23)33(34,35)36)30(44)20-24-18-25-6-3-4-7-27(25)40-21-24/h3-4,6-7,9-12,18,21-22,28-29H,5,8,13-17,19-20,37-39H2,1-2H3,(H-,41,42,45,46)/p+1/t22-,28?,29+/m1/s1. The molecule has 0 spiro atoms. The number of hydrogen-bond acceptors (Lipinski definition) is 7. The second-order valence-electron chi connectivity index (χ2n) is 12.0. The molecule has 2 aromatic carbocycles. The Hall–Kier alpha value is -3.91. The van der Waals surface area contributed by atoms with Gasteiger partial charge in [0, 0.05) is 31.1 Å². The third-order valence-electron chi connectivity index (χ3n) is 8.03. The molecule has 0 saturated carbocycles. The van der Waals surface area contributed by atoms with Crippen molar-refractivity contribution >= 4 is 28.5 Å². The number of benzene rings is 2. The summed E-state index contributed by atoms with van der Waals surface area (Å²) in [4.78, 5) is 44.4. The number of pyridine rings is 1. The van der Waals surface area contributed by atoms with Crippen molar-refractivity contribution in [3.05, 3.63) is 77.5 Å². The van der Waals surface area contributed by atoms with Gasteiger partial charge in [0.05, 0.1) is 49.8 Å². The number of quaternary nitrogens is 1. The maximum atomic E-state index is 13.7. The van der Waals surface area contributed by atoms with Crippen LogP contribution in [0.25, 0.3) is 10.9 Å². The number of aromatic nitrogens is 1. The largest absolute Gasteiger partial charge is 0.416 e. The Morgan fingerprint density at radius 1 is 0.891 bits per heavy atom. The first-order chi connectivity index (χ1) is 21.7. The first-order valence-electron chi connectivity index (χ1n) is 15.4. The Labute approximate surface area is 267 Å². The molecule has 8 N–H and O–H groups in total. The van der Waals surface area contributed by atoms with Crippen molar-refractivity contribution < 1.29 is 32.0 Å². The molecule has 1 aromatic heterocycles. The average molecular weight is 645 g/mol. The van der Waals surface area contributed by atoms with Crippen LogP contribution in [0.2, 0.25) is 0 Å². The number of hydrogen-bond donors (Lipinski definition) is 5. The van der Waals surface area contributed by atoms with Crippen LogP contribution in [0.3, 0.4) is 0 Å². The number of amides is 2. The lowest BCUT2D eigenvalue weighted by molar-refractivity contribution is -0.907. The van der Waals surface area contributed by atoms with Crippen molar-refractivity contribution in [1.82, 2.24) is 15.6 Å². The fourth-order valence-electron chi connectivity index (χ4n) is 5.33. The number of rotatable bonds is 17. The Morgan fingerprint density at radius 2 is 1.52 bits per heavy atom. The molecule has 46 heavy (non-hydrogen) atoms. The number of ketones is 1. The smallest absolute Gasteiger partial charge is 0.344 e. The van der Waals surface area contributed by atoms with Crippen molar-refractivity contribution in [2.24, 2.45) is 17.2 Å². The number of alkyl halides is 3. The Bertz CT molecular complexity index is 1460. The van der Waals surface area contributed by atoms with Crippen LogP contribution in [-0.2, 0) is 33.4 Å². The van der Waals surface area contributed by atoms with Crippen LogP contribution in [0, 0.1) is 0 Å². The van der Waals surface area contributed by atoms with Gasteiger partial charge >= 0.3 is 6.18 Å². The number of halogens is 3. The predicted octanol–water partition coefficient (Wildman–Crippen LogP) is 2.07. The van der Waals surface area contributed by atoms with E-state index in [2.05, 4.69) is 15.6 Å². The minimum Gasteiger partial charge on any atom is -0.344 e. The van der Waals surface area contributed by atoms with Crippen molar-refractivity contribution in [3.8, 4) is 0 Å². The molecule has 0 aliphatic carbocycles. The van der Waals surface area contributed by atoms with Crippen LogP contribution in [0.15, 0.2) is 60.8 Å². The minimum absolute atomic E-state index is 0.0559. The first kappa shape index (κ1) is 36.6. The summed E-state index contributed by atoms with van der Waals surface area (Å²) in [6.07, 6.45) is -2.27. The fraction of sp³-hybridized carbons (Fsp3) is 0.455. The number of nitrogens with two attached hydrogens (primary N) is 3. The van der Waals surface area contributed by atoms with Gasteiger partial charge in [-0.25, -0.2) is 0 Å². The van der Waals surface area contributed by atoms with E-state index < -0.39 is 41.7 Å². The summed E-state index contributed by atoms with van der Waals surface area (Å²) in [6, 6.07) is 10.7. The molecule has 1 heterocycles.